The molecule has 0 atom stereocenters. The van der Waals surface area contributed by atoms with Gasteiger partial charge in [-0.25, -0.2) is 4.98 Å². The van der Waals surface area contributed by atoms with Gasteiger partial charge >= 0.3 is 0 Å². The van der Waals surface area contributed by atoms with Crippen LogP contribution in [0.1, 0.15) is 43.6 Å². The van der Waals surface area contributed by atoms with Crippen molar-refractivity contribution in [2.45, 2.75) is 45.2 Å². The third-order valence-electron chi connectivity index (χ3n) is 6.74. The first kappa shape index (κ1) is 19.3. The summed E-state index contributed by atoms with van der Waals surface area (Å²) in [6.45, 7) is 4.15. The highest BCUT2D eigenvalue weighted by Gasteiger charge is 2.34. The van der Waals surface area contributed by atoms with Crippen molar-refractivity contribution in [1.29, 1.82) is 0 Å². The normalized spacial score (nSPS) is 16.0. The van der Waals surface area contributed by atoms with E-state index in [-0.39, 0.29) is 5.91 Å². The van der Waals surface area contributed by atoms with E-state index >= 15 is 0 Å². The summed E-state index contributed by atoms with van der Waals surface area (Å²) >= 11 is 0. The highest BCUT2D eigenvalue weighted by atomic mass is 16.2. The molecule has 8 nitrogen and oxygen atoms in total. The number of hydrogen-bond donors (Lipinski definition) is 0. The summed E-state index contributed by atoms with van der Waals surface area (Å²) in [5.74, 6) is 1.96. The van der Waals surface area contributed by atoms with E-state index in [0.29, 0.717) is 18.9 Å². The molecule has 32 heavy (non-hydrogen) atoms. The third kappa shape index (κ3) is 2.97. The number of aromatic nitrogens is 6. The molecule has 0 spiro atoms. The molecule has 4 heterocycles. The molecule has 1 amide bonds. The number of imidazole rings is 1. The highest BCUT2D eigenvalue weighted by molar-refractivity contribution is 5.95. The summed E-state index contributed by atoms with van der Waals surface area (Å²) in [4.78, 5) is 19.6. The molecule has 6 rings (SSSR count). The van der Waals surface area contributed by atoms with Crippen molar-refractivity contribution >= 4 is 16.8 Å². The van der Waals surface area contributed by atoms with Crippen LogP contribution in [-0.4, -0.2) is 46.5 Å². The van der Waals surface area contributed by atoms with Crippen LogP contribution in [0.2, 0.25) is 0 Å². The van der Waals surface area contributed by atoms with Gasteiger partial charge in [0, 0.05) is 62.2 Å². The number of carbonyl (C=O) groups excluding carboxylic acids is 1. The molecule has 3 aromatic heterocycles. The predicted octanol–water partition coefficient (Wildman–Crippen LogP) is 3.47. The Kier molecular flexibility index (Phi) is 4.25. The standard InChI is InChI=1S/C24H27N7O/c1-4-21(32)30-9-10-31-20(14-30)23(26-24(31)15-5-6-15)16-7-8-19-18(11-16)22(27-29(19)3)17-12-25-28(2)13-17/h7-8,11-13,15H,4-6,9-10,14H2,1-3H3. The van der Waals surface area contributed by atoms with Crippen molar-refractivity contribution in [3.63, 3.8) is 0 Å². The van der Waals surface area contributed by atoms with Gasteiger partial charge in [-0.05, 0) is 25.0 Å². The zero-order chi connectivity index (χ0) is 22.0. The Morgan fingerprint density at radius 3 is 2.69 bits per heavy atom. The van der Waals surface area contributed by atoms with Gasteiger partial charge in [0.15, 0.2) is 0 Å². The Morgan fingerprint density at radius 2 is 1.97 bits per heavy atom. The van der Waals surface area contributed by atoms with Gasteiger partial charge in [0.1, 0.15) is 11.5 Å². The van der Waals surface area contributed by atoms with Gasteiger partial charge in [0.2, 0.25) is 5.91 Å². The molecular formula is C24H27N7O. The van der Waals surface area contributed by atoms with Crippen LogP contribution >= 0.6 is 0 Å². The fourth-order valence-corrected chi connectivity index (χ4v) is 4.89. The molecule has 1 aliphatic carbocycles. The molecule has 1 aromatic carbocycles. The molecule has 0 saturated heterocycles. The molecule has 1 aliphatic heterocycles. The summed E-state index contributed by atoms with van der Waals surface area (Å²) < 4.78 is 6.09. The number of carbonyl (C=O) groups is 1. The maximum atomic E-state index is 12.4. The lowest BCUT2D eigenvalue weighted by Gasteiger charge is -2.29. The van der Waals surface area contributed by atoms with Crippen LogP contribution in [0, 0.1) is 0 Å². The molecule has 1 saturated carbocycles. The van der Waals surface area contributed by atoms with E-state index in [9.17, 15) is 4.79 Å². The van der Waals surface area contributed by atoms with Crippen LogP contribution in [0.25, 0.3) is 33.4 Å². The summed E-state index contributed by atoms with van der Waals surface area (Å²) in [7, 11) is 3.89. The van der Waals surface area contributed by atoms with Crippen LogP contribution < -0.4 is 0 Å². The lowest BCUT2D eigenvalue weighted by atomic mass is 10.0. The molecule has 0 N–H and O–H groups in total. The van der Waals surface area contributed by atoms with Crippen LogP contribution in [0.4, 0.5) is 0 Å². The Bertz CT molecular complexity index is 1350. The number of aryl methyl sites for hydroxylation is 2. The minimum atomic E-state index is 0.206. The van der Waals surface area contributed by atoms with Crippen molar-refractivity contribution in [3.05, 3.63) is 42.1 Å². The van der Waals surface area contributed by atoms with Crippen LogP contribution in [0.3, 0.4) is 0 Å². The van der Waals surface area contributed by atoms with Crippen molar-refractivity contribution in [1.82, 2.24) is 34.0 Å². The molecule has 1 fully saturated rings. The van der Waals surface area contributed by atoms with Crippen LogP contribution in [-0.2, 0) is 32.0 Å². The Labute approximate surface area is 186 Å². The first-order chi connectivity index (χ1) is 15.5. The number of nitrogens with zero attached hydrogens (tertiary/aromatic N) is 7. The first-order valence-corrected chi connectivity index (χ1v) is 11.4. The molecule has 0 bridgehead atoms. The first-order valence-electron chi connectivity index (χ1n) is 11.4. The number of amides is 1. The van der Waals surface area contributed by atoms with Crippen LogP contribution in [0.5, 0.6) is 0 Å². The molecule has 2 aliphatic rings. The van der Waals surface area contributed by atoms with E-state index in [0.717, 1.165) is 52.2 Å². The van der Waals surface area contributed by atoms with E-state index in [4.69, 9.17) is 10.1 Å². The fourth-order valence-electron chi connectivity index (χ4n) is 4.89. The smallest absolute Gasteiger partial charge is 0.222 e. The van der Waals surface area contributed by atoms with E-state index < -0.39 is 0 Å². The van der Waals surface area contributed by atoms with Gasteiger partial charge in [0.25, 0.3) is 0 Å². The molecule has 4 aromatic rings. The van der Waals surface area contributed by atoms with Crippen molar-refractivity contribution < 1.29 is 4.79 Å². The maximum absolute atomic E-state index is 12.4. The Hall–Kier alpha value is -3.42. The summed E-state index contributed by atoms with van der Waals surface area (Å²) in [6.07, 6.45) is 6.80. The van der Waals surface area contributed by atoms with E-state index in [1.54, 1.807) is 4.68 Å². The van der Waals surface area contributed by atoms with Gasteiger partial charge < -0.3 is 9.47 Å². The quantitative estimate of drug-likeness (QED) is 0.498. The summed E-state index contributed by atoms with van der Waals surface area (Å²) in [5.41, 5.74) is 6.24. The largest absolute Gasteiger partial charge is 0.335 e. The maximum Gasteiger partial charge on any atom is 0.222 e. The molecular weight excluding hydrogens is 402 g/mol. The minimum absolute atomic E-state index is 0.206. The fraction of sp³-hybridized carbons (Fsp3) is 0.417. The topological polar surface area (TPSA) is 73.8 Å². The number of hydrogen-bond acceptors (Lipinski definition) is 4. The average molecular weight is 430 g/mol. The van der Waals surface area contributed by atoms with E-state index in [1.165, 1.54) is 18.7 Å². The average Bonchev–Trinajstić information content (AvgIpc) is 3.32. The van der Waals surface area contributed by atoms with E-state index in [2.05, 4.69) is 27.9 Å². The SMILES string of the molecule is CCC(=O)N1CCn2c(C3CC3)nc(-c3ccc4c(c3)c(-c3cnn(C)c3)nn4C)c2C1. The summed E-state index contributed by atoms with van der Waals surface area (Å²) in [6, 6.07) is 6.46. The van der Waals surface area contributed by atoms with Gasteiger partial charge in [0.05, 0.1) is 29.6 Å². The Balaban J connectivity index is 1.50. The lowest BCUT2D eigenvalue weighted by molar-refractivity contribution is -0.132. The van der Waals surface area contributed by atoms with Crippen molar-refractivity contribution in [3.8, 4) is 22.5 Å². The second-order valence-electron chi connectivity index (χ2n) is 8.97. The summed E-state index contributed by atoms with van der Waals surface area (Å²) in [5, 5.41) is 10.2. The molecule has 8 heteroatoms. The monoisotopic (exact) mass is 429 g/mol. The number of benzene rings is 1. The zero-order valence-electron chi connectivity index (χ0n) is 18.7. The third-order valence-corrected chi connectivity index (χ3v) is 6.74. The number of rotatable bonds is 4. The molecule has 164 valence electrons. The van der Waals surface area contributed by atoms with Gasteiger partial charge in [-0.3, -0.25) is 14.2 Å². The van der Waals surface area contributed by atoms with Gasteiger partial charge in [-0.15, -0.1) is 0 Å². The van der Waals surface area contributed by atoms with Crippen molar-refractivity contribution in [2.24, 2.45) is 14.1 Å². The second kappa shape index (κ2) is 7.05. The predicted molar refractivity (Wildman–Crippen MR) is 122 cm³/mol. The zero-order valence-corrected chi connectivity index (χ0v) is 18.7. The minimum Gasteiger partial charge on any atom is -0.335 e. The van der Waals surface area contributed by atoms with E-state index in [1.807, 2.05) is 43.0 Å². The highest BCUT2D eigenvalue weighted by Crippen LogP contribution is 2.43. The van der Waals surface area contributed by atoms with Crippen molar-refractivity contribution in [2.75, 3.05) is 6.54 Å². The van der Waals surface area contributed by atoms with Gasteiger partial charge in [-0.1, -0.05) is 13.0 Å². The lowest BCUT2D eigenvalue weighted by Crippen LogP contribution is -2.38. The number of fused-ring (bicyclic) bond motifs is 2. The molecule has 0 unspecified atom stereocenters. The van der Waals surface area contributed by atoms with Gasteiger partial charge in [-0.2, -0.15) is 10.2 Å². The Morgan fingerprint density at radius 1 is 1.12 bits per heavy atom. The second-order valence-corrected chi connectivity index (χ2v) is 8.97. The molecule has 0 radical (unpaired) electrons. The van der Waals surface area contributed by atoms with Crippen LogP contribution in [0.15, 0.2) is 30.6 Å².